The van der Waals surface area contributed by atoms with Gasteiger partial charge < -0.3 is 16.0 Å². The van der Waals surface area contributed by atoms with E-state index in [1.54, 1.807) is 6.20 Å². The van der Waals surface area contributed by atoms with Crippen LogP contribution in [0.1, 0.15) is 23.1 Å². The second-order valence-electron chi connectivity index (χ2n) is 9.07. The van der Waals surface area contributed by atoms with Crippen LogP contribution in [0.3, 0.4) is 0 Å². The van der Waals surface area contributed by atoms with Gasteiger partial charge in [-0.3, -0.25) is 9.59 Å². The van der Waals surface area contributed by atoms with Gasteiger partial charge in [0.05, 0.1) is 5.41 Å². The topological polar surface area (TPSA) is 83.1 Å². The van der Waals surface area contributed by atoms with Crippen molar-refractivity contribution < 1.29 is 9.59 Å². The molecular weight excluding hydrogens is 388 g/mol. The van der Waals surface area contributed by atoms with Crippen LogP contribution in [0, 0.1) is 11.8 Å². The molecule has 1 aromatic carbocycles. The van der Waals surface area contributed by atoms with E-state index in [4.69, 9.17) is 0 Å². The van der Waals surface area contributed by atoms with E-state index in [1.165, 1.54) is 0 Å². The van der Waals surface area contributed by atoms with Crippen LogP contribution < -0.4 is 16.0 Å². The molecule has 1 saturated heterocycles. The molecule has 2 aliphatic carbocycles. The minimum Gasteiger partial charge on any atom is -0.326 e. The van der Waals surface area contributed by atoms with Crippen molar-refractivity contribution >= 4 is 23.3 Å². The van der Waals surface area contributed by atoms with Gasteiger partial charge in [0.1, 0.15) is 5.82 Å². The molecule has 1 spiro atoms. The minimum atomic E-state index is -0.583. The van der Waals surface area contributed by atoms with Crippen LogP contribution >= 0.6 is 0 Å². The molecule has 3 N–H and O–H groups in total. The first-order valence-electron chi connectivity index (χ1n) is 10.9. The first-order chi connectivity index (χ1) is 15.1. The highest BCUT2D eigenvalue weighted by molar-refractivity contribution is 6.06. The molecule has 4 atom stereocenters. The lowest BCUT2D eigenvalue weighted by Gasteiger charge is -2.20. The molecule has 1 fully saturated rings. The molecule has 4 unspecified atom stereocenters. The average Bonchev–Trinajstić information content (AvgIpc) is 3.43. The van der Waals surface area contributed by atoms with Gasteiger partial charge in [0.15, 0.2) is 0 Å². The van der Waals surface area contributed by atoms with E-state index in [-0.39, 0.29) is 11.8 Å². The lowest BCUT2D eigenvalue weighted by atomic mass is 9.79. The average molecular weight is 412 g/mol. The van der Waals surface area contributed by atoms with E-state index in [0.29, 0.717) is 43.0 Å². The number of aromatic nitrogens is 1. The molecule has 6 rings (SSSR count). The number of carbonyl (C=O) groups excluding carboxylic acids is 2. The van der Waals surface area contributed by atoms with E-state index >= 15 is 0 Å². The molecule has 2 aliphatic heterocycles. The number of nitrogens with zero attached hydrogens (tertiary/aromatic N) is 1. The SMILES string of the molecule is O=C(CC1CNC2C=CC=CC12)Nc1ccc2c(c1)CC1(C2)C(=O)Nc2ncccc21. The van der Waals surface area contributed by atoms with Crippen molar-refractivity contribution in [3.8, 4) is 0 Å². The monoisotopic (exact) mass is 412 g/mol. The molecular formula is C25H24N4O2. The Labute approximate surface area is 180 Å². The summed E-state index contributed by atoms with van der Waals surface area (Å²) in [6, 6.07) is 10.2. The molecule has 2 aromatic rings. The van der Waals surface area contributed by atoms with Gasteiger partial charge in [-0.15, -0.1) is 0 Å². The minimum absolute atomic E-state index is 0.0147. The summed E-state index contributed by atoms with van der Waals surface area (Å²) in [6.45, 7) is 0.854. The van der Waals surface area contributed by atoms with Gasteiger partial charge in [0.2, 0.25) is 11.8 Å². The Morgan fingerprint density at radius 3 is 2.97 bits per heavy atom. The number of benzene rings is 1. The summed E-state index contributed by atoms with van der Waals surface area (Å²) in [5.74, 6) is 1.40. The maximum atomic E-state index is 12.9. The summed E-state index contributed by atoms with van der Waals surface area (Å²) in [7, 11) is 0. The van der Waals surface area contributed by atoms with Crippen molar-refractivity contribution in [1.82, 2.24) is 10.3 Å². The number of hydrogen-bond donors (Lipinski definition) is 3. The fourth-order valence-electron chi connectivity index (χ4n) is 5.71. The Morgan fingerprint density at radius 2 is 2.03 bits per heavy atom. The molecule has 31 heavy (non-hydrogen) atoms. The highest BCUT2D eigenvalue weighted by Gasteiger charge is 2.51. The third-order valence-corrected chi connectivity index (χ3v) is 7.25. The van der Waals surface area contributed by atoms with Gasteiger partial charge in [-0.2, -0.15) is 0 Å². The Hall–Kier alpha value is -3.25. The zero-order chi connectivity index (χ0) is 21.0. The number of fused-ring (bicyclic) bond motifs is 4. The third-order valence-electron chi connectivity index (χ3n) is 7.25. The van der Waals surface area contributed by atoms with Gasteiger partial charge in [0.25, 0.3) is 0 Å². The number of allylic oxidation sites excluding steroid dienone is 2. The van der Waals surface area contributed by atoms with Gasteiger partial charge in [-0.05, 0) is 54.6 Å². The van der Waals surface area contributed by atoms with Gasteiger partial charge in [-0.1, -0.05) is 36.4 Å². The number of nitrogens with one attached hydrogen (secondary N) is 3. The fraction of sp³-hybridized carbons (Fsp3) is 0.320. The molecule has 156 valence electrons. The fourth-order valence-corrected chi connectivity index (χ4v) is 5.71. The van der Waals surface area contributed by atoms with Crippen molar-refractivity contribution in [2.75, 3.05) is 17.2 Å². The molecule has 6 nitrogen and oxygen atoms in total. The Bertz CT molecular complexity index is 1150. The summed E-state index contributed by atoms with van der Waals surface area (Å²) in [5, 5.41) is 9.51. The predicted molar refractivity (Wildman–Crippen MR) is 119 cm³/mol. The molecule has 6 heteroatoms. The maximum absolute atomic E-state index is 12.9. The van der Waals surface area contributed by atoms with Gasteiger partial charge in [0, 0.05) is 35.8 Å². The van der Waals surface area contributed by atoms with Crippen LogP contribution in [0.2, 0.25) is 0 Å². The quantitative estimate of drug-likeness (QED) is 0.724. The summed E-state index contributed by atoms with van der Waals surface area (Å²) in [4.78, 5) is 29.9. The highest BCUT2D eigenvalue weighted by atomic mass is 16.2. The number of anilines is 2. The second-order valence-corrected chi connectivity index (χ2v) is 9.07. The van der Waals surface area contributed by atoms with E-state index in [0.717, 1.165) is 28.9 Å². The largest absolute Gasteiger partial charge is 0.326 e. The number of hydrogen-bond acceptors (Lipinski definition) is 4. The molecule has 3 heterocycles. The summed E-state index contributed by atoms with van der Waals surface area (Å²) >= 11 is 0. The zero-order valence-corrected chi connectivity index (χ0v) is 17.1. The first kappa shape index (κ1) is 18.5. The molecule has 0 bridgehead atoms. The van der Waals surface area contributed by atoms with Crippen molar-refractivity contribution in [2.24, 2.45) is 11.8 Å². The van der Waals surface area contributed by atoms with Crippen LogP contribution in [0.15, 0.2) is 60.8 Å². The van der Waals surface area contributed by atoms with E-state index in [9.17, 15) is 9.59 Å². The van der Waals surface area contributed by atoms with E-state index in [1.807, 2.05) is 30.3 Å². The first-order valence-corrected chi connectivity index (χ1v) is 10.9. The van der Waals surface area contributed by atoms with E-state index in [2.05, 4.69) is 45.2 Å². The highest BCUT2D eigenvalue weighted by Crippen LogP contribution is 2.47. The van der Waals surface area contributed by atoms with Crippen molar-refractivity contribution in [2.45, 2.75) is 30.7 Å². The predicted octanol–water partition coefficient (Wildman–Crippen LogP) is 2.73. The lowest BCUT2D eigenvalue weighted by Crippen LogP contribution is -2.35. The zero-order valence-electron chi connectivity index (χ0n) is 17.1. The van der Waals surface area contributed by atoms with Crippen molar-refractivity contribution in [1.29, 1.82) is 0 Å². The Balaban J connectivity index is 1.17. The normalized spacial score (nSPS) is 29.5. The van der Waals surface area contributed by atoms with Crippen LogP contribution in [0.5, 0.6) is 0 Å². The standard InChI is InChI=1S/C25H24N4O2/c30-22(11-17-14-27-21-6-2-1-4-19(17)21)28-18-8-7-15-12-25(13-16(15)10-18)20-5-3-9-26-23(20)29-24(25)31/h1-10,17,19,21,27H,11-14H2,(H,28,30)(H,26,29,31). The Kier molecular flexibility index (Phi) is 4.11. The van der Waals surface area contributed by atoms with Crippen LogP contribution in [0.4, 0.5) is 11.5 Å². The van der Waals surface area contributed by atoms with Crippen molar-refractivity contribution in [3.05, 3.63) is 77.5 Å². The number of pyridine rings is 1. The van der Waals surface area contributed by atoms with Gasteiger partial charge >= 0.3 is 0 Å². The summed E-state index contributed by atoms with van der Waals surface area (Å²) in [5.41, 5.74) is 3.46. The van der Waals surface area contributed by atoms with Crippen molar-refractivity contribution in [3.63, 3.8) is 0 Å². The summed E-state index contributed by atoms with van der Waals surface area (Å²) < 4.78 is 0. The lowest BCUT2D eigenvalue weighted by molar-refractivity contribution is -0.120. The Morgan fingerprint density at radius 1 is 1.16 bits per heavy atom. The number of amides is 2. The van der Waals surface area contributed by atoms with Crippen LogP contribution in [-0.2, 0) is 27.8 Å². The van der Waals surface area contributed by atoms with Crippen LogP contribution in [-0.4, -0.2) is 29.4 Å². The van der Waals surface area contributed by atoms with Gasteiger partial charge in [-0.25, -0.2) is 4.98 Å². The van der Waals surface area contributed by atoms with E-state index < -0.39 is 5.41 Å². The molecule has 0 radical (unpaired) electrons. The molecule has 0 saturated carbocycles. The second kappa shape index (κ2) is 6.89. The molecule has 4 aliphatic rings. The number of carbonyl (C=O) groups is 2. The summed E-state index contributed by atoms with van der Waals surface area (Å²) in [6.07, 6.45) is 12.0. The maximum Gasteiger partial charge on any atom is 0.237 e. The smallest absolute Gasteiger partial charge is 0.237 e. The molecule has 2 amide bonds. The third kappa shape index (κ3) is 2.93. The number of rotatable bonds is 3. The molecule has 1 aromatic heterocycles. The van der Waals surface area contributed by atoms with Crippen LogP contribution in [0.25, 0.3) is 0 Å².